The second-order valence-electron chi connectivity index (χ2n) is 6.17. The maximum atomic E-state index is 13.4. The number of para-hydroxylation sites is 2. The number of hydrogen-bond donors (Lipinski definition) is 1. The molecule has 156 valence electrons. The minimum Gasteiger partial charge on any atom is -0.495 e. The lowest BCUT2D eigenvalue weighted by atomic mass is 10.3. The molecule has 3 aromatic carbocycles. The molecule has 0 saturated heterocycles. The highest BCUT2D eigenvalue weighted by atomic mass is 79.9. The summed E-state index contributed by atoms with van der Waals surface area (Å²) in [7, 11) is -2.59. The van der Waals surface area contributed by atoms with Gasteiger partial charge in [-0.3, -0.25) is 9.10 Å². The van der Waals surface area contributed by atoms with Gasteiger partial charge in [0.15, 0.2) is 0 Å². The molecule has 3 aromatic rings. The van der Waals surface area contributed by atoms with Gasteiger partial charge in [0.2, 0.25) is 5.91 Å². The number of halogens is 2. The molecule has 0 aliphatic rings. The topological polar surface area (TPSA) is 75.7 Å². The lowest BCUT2D eigenvalue weighted by molar-refractivity contribution is -0.114. The summed E-state index contributed by atoms with van der Waals surface area (Å²) in [4.78, 5) is 12.8. The van der Waals surface area contributed by atoms with E-state index in [1.807, 2.05) is 0 Å². The van der Waals surface area contributed by atoms with E-state index in [-0.39, 0.29) is 10.6 Å². The Bertz CT molecular complexity index is 1160. The molecular formula is C21H18BrClN2O4S. The van der Waals surface area contributed by atoms with Crippen molar-refractivity contribution in [3.05, 3.63) is 82.3 Å². The zero-order chi connectivity index (χ0) is 21.7. The van der Waals surface area contributed by atoms with Crippen molar-refractivity contribution in [1.29, 1.82) is 0 Å². The molecule has 0 heterocycles. The second kappa shape index (κ2) is 9.51. The number of anilines is 2. The molecule has 0 spiro atoms. The largest absolute Gasteiger partial charge is 0.495 e. The van der Waals surface area contributed by atoms with Gasteiger partial charge in [-0.1, -0.05) is 41.9 Å². The molecule has 0 fully saturated rings. The Balaban J connectivity index is 1.97. The van der Waals surface area contributed by atoms with Crippen molar-refractivity contribution in [3.8, 4) is 5.75 Å². The number of nitrogens with zero attached hydrogens (tertiary/aromatic N) is 1. The number of nitrogens with one attached hydrogen (secondary N) is 1. The summed E-state index contributed by atoms with van der Waals surface area (Å²) in [6, 6.07) is 19.5. The molecule has 0 unspecified atom stereocenters. The summed E-state index contributed by atoms with van der Waals surface area (Å²) < 4.78 is 33.7. The molecule has 0 bridgehead atoms. The predicted molar refractivity (Wildman–Crippen MR) is 122 cm³/mol. The van der Waals surface area contributed by atoms with Gasteiger partial charge in [-0.15, -0.1) is 0 Å². The lowest BCUT2D eigenvalue weighted by Crippen LogP contribution is -2.38. The molecule has 0 aliphatic heterocycles. The third kappa shape index (κ3) is 4.95. The van der Waals surface area contributed by atoms with Crippen molar-refractivity contribution in [2.24, 2.45) is 0 Å². The molecule has 0 aliphatic carbocycles. The van der Waals surface area contributed by atoms with E-state index in [1.54, 1.807) is 60.7 Å². The van der Waals surface area contributed by atoms with Crippen LogP contribution in [0.25, 0.3) is 0 Å². The number of ether oxygens (including phenoxy) is 1. The molecule has 9 heteroatoms. The van der Waals surface area contributed by atoms with Gasteiger partial charge in [0, 0.05) is 10.2 Å². The molecule has 0 atom stereocenters. The summed E-state index contributed by atoms with van der Waals surface area (Å²) in [5.41, 5.74) is 0.707. The SMILES string of the molecule is COc1ccccc1N(CC(=O)Nc1ccc(Br)c(Cl)c1)S(=O)(=O)c1ccccc1. The fourth-order valence-corrected chi connectivity index (χ4v) is 4.64. The monoisotopic (exact) mass is 508 g/mol. The third-order valence-corrected chi connectivity index (χ3v) is 7.18. The Morgan fingerprint density at radius 1 is 1.07 bits per heavy atom. The minimum absolute atomic E-state index is 0.0652. The van der Waals surface area contributed by atoms with Crippen LogP contribution in [-0.2, 0) is 14.8 Å². The van der Waals surface area contributed by atoms with Crippen LogP contribution < -0.4 is 14.4 Å². The summed E-state index contributed by atoms with van der Waals surface area (Å²) >= 11 is 9.36. The number of methoxy groups -OCH3 is 1. The Labute approximate surface area is 188 Å². The molecule has 0 aromatic heterocycles. The Morgan fingerprint density at radius 2 is 1.73 bits per heavy atom. The van der Waals surface area contributed by atoms with Gasteiger partial charge in [0.1, 0.15) is 12.3 Å². The van der Waals surface area contributed by atoms with Crippen molar-refractivity contribution < 1.29 is 17.9 Å². The summed E-state index contributed by atoms with van der Waals surface area (Å²) in [5.74, 6) is -0.199. The van der Waals surface area contributed by atoms with Crippen LogP contribution in [0.3, 0.4) is 0 Å². The molecule has 0 radical (unpaired) electrons. The molecule has 30 heavy (non-hydrogen) atoms. The van der Waals surface area contributed by atoms with Gasteiger partial charge >= 0.3 is 0 Å². The van der Waals surface area contributed by atoms with Crippen LogP contribution in [0, 0.1) is 0 Å². The van der Waals surface area contributed by atoms with E-state index in [9.17, 15) is 13.2 Å². The van der Waals surface area contributed by atoms with Crippen molar-refractivity contribution in [2.75, 3.05) is 23.3 Å². The second-order valence-corrected chi connectivity index (χ2v) is 9.30. The first kappa shape index (κ1) is 22.1. The van der Waals surface area contributed by atoms with Gasteiger partial charge in [0.25, 0.3) is 10.0 Å². The number of benzene rings is 3. The van der Waals surface area contributed by atoms with Gasteiger partial charge in [0.05, 0.1) is 22.7 Å². The van der Waals surface area contributed by atoms with Crippen LogP contribution in [0.5, 0.6) is 5.75 Å². The minimum atomic E-state index is -4.03. The highest BCUT2D eigenvalue weighted by molar-refractivity contribution is 9.10. The highest BCUT2D eigenvalue weighted by Gasteiger charge is 2.29. The van der Waals surface area contributed by atoms with Crippen LogP contribution in [-0.4, -0.2) is 28.0 Å². The van der Waals surface area contributed by atoms with Gasteiger partial charge < -0.3 is 10.1 Å². The van der Waals surface area contributed by atoms with Crippen LogP contribution in [0.4, 0.5) is 11.4 Å². The lowest BCUT2D eigenvalue weighted by Gasteiger charge is -2.25. The van der Waals surface area contributed by atoms with Crippen LogP contribution in [0.1, 0.15) is 0 Å². The van der Waals surface area contributed by atoms with Crippen molar-refractivity contribution in [3.63, 3.8) is 0 Å². The van der Waals surface area contributed by atoms with E-state index in [0.29, 0.717) is 20.9 Å². The Kier molecular flexibility index (Phi) is 7.02. The Hall–Kier alpha value is -2.55. The molecular weight excluding hydrogens is 492 g/mol. The molecule has 1 amide bonds. The first-order valence-corrected chi connectivity index (χ1v) is 11.4. The summed E-state index contributed by atoms with van der Waals surface area (Å²) in [5, 5.41) is 3.10. The van der Waals surface area contributed by atoms with Gasteiger partial charge in [-0.05, 0) is 58.4 Å². The number of sulfonamides is 1. The van der Waals surface area contributed by atoms with E-state index in [4.69, 9.17) is 16.3 Å². The molecule has 1 N–H and O–H groups in total. The van der Waals surface area contributed by atoms with E-state index in [0.717, 1.165) is 4.31 Å². The summed E-state index contributed by atoms with van der Waals surface area (Å²) in [6.07, 6.45) is 0. The molecule has 6 nitrogen and oxygen atoms in total. The maximum Gasteiger partial charge on any atom is 0.264 e. The molecule has 3 rings (SSSR count). The first-order chi connectivity index (χ1) is 14.3. The van der Waals surface area contributed by atoms with Gasteiger partial charge in [-0.25, -0.2) is 8.42 Å². The normalized spacial score (nSPS) is 11.0. The average Bonchev–Trinajstić information content (AvgIpc) is 2.75. The fourth-order valence-electron chi connectivity index (χ4n) is 2.76. The van der Waals surface area contributed by atoms with Crippen molar-refractivity contribution >= 4 is 54.8 Å². The predicted octanol–water partition coefficient (Wildman–Crippen LogP) is 4.95. The molecule has 0 saturated carbocycles. The summed E-state index contributed by atoms with van der Waals surface area (Å²) in [6.45, 7) is -0.453. The van der Waals surface area contributed by atoms with Gasteiger partial charge in [-0.2, -0.15) is 0 Å². The average molecular weight is 510 g/mol. The zero-order valence-electron chi connectivity index (χ0n) is 15.9. The third-order valence-electron chi connectivity index (χ3n) is 4.18. The van der Waals surface area contributed by atoms with Crippen molar-refractivity contribution in [1.82, 2.24) is 0 Å². The van der Waals surface area contributed by atoms with Crippen LogP contribution >= 0.6 is 27.5 Å². The highest BCUT2D eigenvalue weighted by Crippen LogP contribution is 2.32. The van der Waals surface area contributed by atoms with Crippen molar-refractivity contribution in [2.45, 2.75) is 4.90 Å². The Morgan fingerprint density at radius 3 is 2.40 bits per heavy atom. The standard InChI is InChI=1S/C21H18BrClN2O4S/c1-29-20-10-6-5-9-19(20)25(30(27,28)16-7-3-2-4-8-16)14-21(26)24-15-11-12-17(22)18(23)13-15/h2-13H,14H2,1H3,(H,24,26). The number of amides is 1. The van der Waals surface area contributed by atoms with E-state index < -0.39 is 22.5 Å². The quantitative estimate of drug-likeness (QED) is 0.489. The zero-order valence-corrected chi connectivity index (χ0v) is 19.0. The maximum absolute atomic E-state index is 13.4. The smallest absolute Gasteiger partial charge is 0.264 e. The number of carbonyl (C=O) groups is 1. The number of hydrogen-bond acceptors (Lipinski definition) is 4. The van der Waals surface area contributed by atoms with Crippen LogP contribution in [0.15, 0.2) is 82.2 Å². The van der Waals surface area contributed by atoms with E-state index in [1.165, 1.54) is 19.2 Å². The van der Waals surface area contributed by atoms with E-state index >= 15 is 0 Å². The number of carbonyl (C=O) groups excluding carboxylic acids is 1. The number of rotatable bonds is 7. The fraction of sp³-hybridized carbons (Fsp3) is 0.0952. The van der Waals surface area contributed by atoms with Crippen LogP contribution in [0.2, 0.25) is 5.02 Å². The first-order valence-electron chi connectivity index (χ1n) is 8.78. The van der Waals surface area contributed by atoms with E-state index in [2.05, 4.69) is 21.2 Å².